The molecule has 5 nitrogen and oxygen atoms in total. The molecule has 21 heavy (non-hydrogen) atoms. The molecule has 1 saturated carbocycles. The van der Waals surface area contributed by atoms with E-state index in [9.17, 15) is 14.7 Å². The molecule has 0 spiro atoms. The number of halogens is 1. The number of hydrogen-bond donors (Lipinski definition) is 2. The first-order chi connectivity index (χ1) is 9.97. The lowest BCUT2D eigenvalue weighted by atomic mass is 9.64. The molecule has 1 aliphatic carbocycles. The summed E-state index contributed by atoms with van der Waals surface area (Å²) in [5.74, 6) is -0.861. The third-order valence-electron chi connectivity index (χ3n) is 5.65. The van der Waals surface area contributed by atoms with Gasteiger partial charge in [-0.05, 0) is 32.1 Å². The molecule has 118 valence electrons. The van der Waals surface area contributed by atoms with Crippen molar-refractivity contribution in [2.24, 2.45) is 11.8 Å². The standard InChI is InChI=1S/C15H22ClNO4/c1-14-10(7-8-16)12(19)17-15(14,13(20)21-14)11(18)9-5-3-2-4-6-9/h9-11,18H,2-8H2,1H3,(H,17,19). The van der Waals surface area contributed by atoms with E-state index in [4.69, 9.17) is 16.3 Å². The van der Waals surface area contributed by atoms with E-state index in [2.05, 4.69) is 5.32 Å². The molecular weight excluding hydrogens is 294 g/mol. The van der Waals surface area contributed by atoms with Crippen LogP contribution in [0.5, 0.6) is 0 Å². The van der Waals surface area contributed by atoms with E-state index >= 15 is 0 Å². The summed E-state index contributed by atoms with van der Waals surface area (Å²) in [5.41, 5.74) is -2.25. The van der Waals surface area contributed by atoms with Crippen molar-refractivity contribution in [3.8, 4) is 0 Å². The van der Waals surface area contributed by atoms with Crippen LogP contribution in [0.15, 0.2) is 0 Å². The second-order valence-electron chi connectivity index (χ2n) is 6.67. The minimum atomic E-state index is -1.27. The van der Waals surface area contributed by atoms with E-state index in [1.54, 1.807) is 6.92 Å². The van der Waals surface area contributed by atoms with Gasteiger partial charge in [0, 0.05) is 5.88 Å². The number of aliphatic hydroxyl groups excluding tert-OH is 1. The quantitative estimate of drug-likeness (QED) is 0.606. The van der Waals surface area contributed by atoms with Gasteiger partial charge in [-0.1, -0.05) is 19.3 Å². The minimum absolute atomic E-state index is 0.0426. The third kappa shape index (κ3) is 1.86. The van der Waals surface area contributed by atoms with Gasteiger partial charge in [0.15, 0.2) is 5.60 Å². The van der Waals surface area contributed by atoms with Crippen molar-refractivity contribution in [2.45, 2.75) is 62.7 Å². The lowest BCUT2D eigenvalue weighted by molar-refractivity contribution is -0.240. The highest BCUT2D eigenvalue weighted by atomic mass is 35.5. The fourth-order valence-corrected chi connectivity index (χ4v) is 4.59. The van der Waals surface area contributed by atoms with Crippen LogP contribution in [0.4, 0.5) is 0 Å². The predicted octanol–water partition coefficient (Wildman–Crippen LogP) is 1.36. The molecule has 0 aromatic rings. The van der Waals surface area contributed by atoms with Crippen LogP contribution in [0, 0.1) is 11.8 Å². The smallest absolute Gasteiger partial charge is 0.339 e. The highest BCUT2D eigenvalue weighted by molar-refractivity contribution is 6.18. The van der Waals surface area contributed by atoms with Crippen molar-refractivity contribution < 1.29 is 19.4 Å². The van der Waals surface area contributed by atoms with E-state index in [0.29, 0.717) is 12.3 Å². The van der Waals surface area contributed by atoms with Crippen LogP contribution in [0.25, 0.3) is 0 Å². The summed E-state index contributed by atoms with van der Waals surface area (Å²) >= 11 is 5.77. The summed E-state index contributed by atoms with van der Waals surface area (Å²) in [6, 6.07) is 0. The molecular formula is C15H22ClNO4. The van der Waals surface area contributed by atoms with E-state index in [1.807, 2.05) is 0 Å². The maximum absolute atomic E-state index is 12.3. The molecule has 1 amide bonds. The number of hydrogen-bond acceptors (Lipinski definition) is 4. The predicted molar refractivity (Wildman–Crippen MR) is 76.8 cm³/mol. The molecule has 0 aromatic heterocycles. The van der Waals surface area contributed by atoms with Crippen molar-refractivity contribution in [2.75, 3.05) is 5.88 Å². The van der Waals surface area contributed by atoms with Crippen LogP contribution in [-0.2, 0) is 14.3 Å². The summed E-state index contributed by atoms with van der Waals surface area (Å²) in [4.78, 5) is 24.4. The zero-order valence-corrected chi connectivity index (χ0v) is 13.0. The van der Waals surface area contributed by atoms with Gasteiger partial charge in [0.1, 0.15) is 0 Å². The molecule has 4 atom stereocenters. The monoisotopic (exact) mass is 315 g/mol. The molecule has 6 heteroatoms. The van der Waals surface area contributed by atoms with Crippen molar-refractivity contribution >= 4 is 23.5 Å². The normalized spacial score (nSPS) is 41.0. The van der Waals surface area contributed by atoms with Gasteiger partial charge in [0.05, 0.1) is 12.0 Å². The molecule has 4 unspecified atom stereocenters. The number of fused-ring (bicyclic) bond motifs is 1. The average Bonchev–Trinajstić information content (AvgIpc) is 2.65. The van der Waals surface area contributed by atoms with Gasteiger partial charge in [0.2, 0.25) is 11.4 Å². The van der Waals surface area contributed by atoms with Crippen LogP contribution in [0.1, 0.15) is 45.4 Å². The number of carbonyl (C=O) groups excluding carboxylic acids is 2. The Kier molecular flexibility index (Phi) is 3.69. The number of amides is 1. The highest BCUT2D eigenvalue weighted by Crippen LogP contribution is 2.53. The summed E-state index contributed by atoms with van der Waals surface area (Å²) in [7, 11) is 0. The van der Waals surface area contributed by atoms with E-state index in [-0.39, 0.29) is 11.8 Å². The average molecular weight is 316 g/mol. The number of alkyl halides is 1. The molecule has 2 aliphatic heterocycles. The van der Waals surface area contributed by atoms with Gasteiger partial charge in [0.25, 0.3) is 0 Å². The van der Waals surface area contributed by atoms with Gasteiger partial charge in [-0.3, -0.25) is 4.79 Å². The van der Waals surface area contributed by atoms with Crippen LogP contribution in [0.2, 0.25) is 0 Å². The van der Waals surface area contributed by atoms with Gasteiger partial charge < -0.3 is 15.2 Å². The Bertz CT molecular complexity index is 465. The number of rotatable bonds is 4. The Balaban J connectivity index is 1.90. The first kappa shape index (κ1) is 15.1. The van der Waals surface area contributed by atoms with Crippen LogP contribution < -0.4 is 5.32 Å². The Morgan fingerprint density at radius 1 is 1.38 bits per heavy atom. The Hall–Kier alpha value is -0.810. The zero-order valence-electron chi connectivity index (χ0n) is 12.2. The molecule has 0 aromatic carbocycles. The molecule has 2 N–H and O–H groups in total. The Morgan fingerprint density at radius 2 is 2.05 bits per heavy atom. The SMILES string of the molecule is CC12OC(=O)C1(C(O)C1CCCCC1)NC(=O)C2CCCl. The van der Waals surface area contributed by atoms with Crippen molar-refractivity contribution in [3.05, 3.63) is 0 Å². The first-order valence-corrected chi connectivity index (χ1v) is 8.30. The maximum Gasteiger partial charge on any atom is 0.339 e. The summed E-state index contributed by atoms with van der Waals surface area (Å²) in [5, 5.41) is 13.6. The van der Waals surface area contributed by atoms with E-state index in [0.717, 1.165) is 25.7 Å². The van der Waals surface area contributed by atoms with Gasteiger partial charge in [-0.2, -0.15) is 0 Å². The maximum atomic E-state index is 12.3. The Labute approximate surface area is 129 Å². The summed E-state index contributed by atoms with van der Waals surface area (Å²) in [6.07, 6.45) is 4.62. The van der Waals surface area contributed by atoms with E-state index < -0.39 is 29.1 Å². The molecule has 2 heterocycles. The highest BCUT2D eigenvalue weighted by Gasteiger charge is 2.79. The fourth-order valence-electron chi connectivity index (χ4n) is 4.37. The second-order valence-corrected chi connectivity index (χ2v) is 7.04. The van der Waals surface area contributed by atoms with Crippen LogP contribution in [0.3, 0.4) is 0 Å². The van der Waals surface area contributed by atoms with Gasteiger partial charge in [-0.25, -0.2) is 4.79 Å². The van der Waals surface area contributed by atoms with Crippen molar-refractivity contribution in [1.82, 2.24) is 5.32 Å². The first-order valence-electron chi connectivity index (χ1n) is 7.77. The number of esters is 1. The molecule has 3 rings (SSSR count). The molecule has 3 aliphatic rings. The van der Waals surface area contributed by atoms with Crippen LogP contribution in [-0.4, -0.2) is 40.1 Å². The van der Waals surface area contributed by atoms with Gasteiger partial charge in [-0.15, -0.1) is 11.6 Å². The molecule has 0 bridgehead atoms. The van der Waals surface area contributed by atoms with Crippen molar-refractivity contribution in [3.63, 3.8) is 0 Å². The van der Waals surface area contributed by atoms with E-state index in [1.165, 1.54) is 6.42 Å². The largest absolute Gasteiger partial charge is 0.453 e. The zero-order chi connectivity index (χ0) is 15.3. The van der Waals surface area contributed by atoms with Gasteiger partial charge >= 0.3 is 5.97 Å². The minimum Gasteiger partial charge on any atom is -0.453 e. The molecule has 3 fully saturated rings. The molecule has 2 saturated heterocycles. The number of nitrogens with one attached hydrogen (secondary N) is 1. The van der Waals surface area contributed by atoms with Crippen molar-refractivity contribution in [1.29, 1.82) is 0 Å². The van der Waals surface area contributed by atoms with Crippen LogP contribution >= 0.6 is 11.6 Å². The summed E-state index contributed by atoms with van der Waals surface area (Å²) < 4.78 is 5.36. The lowest BCUT2D eigenvalue weighted by Crippen LogP contribution is -2.80. The number of carbonyl (C=O) groups is 2. The lowest BCUT2D eigenvalue weighted by Gasteiger charge is -2.54. The number of ether oxygens (including phenoxy) is 1. The topological polar surface area (TPSA) is 75.6 Å². The third-order valence-corrected chi connectivity index (χ3v) is 5.87. The summed E-state index contributed by atoms with van der Waals surface area (Å²) in [6.45, 7) is 1.75. The second kappa shape index (κ2) is 5.13. The molecule has 0 radical (unpaired) electrons. The Morgan fingerprint density at radius 3 is 2.62 bits per heavy atom. The number of aliphatic hydroxyl groups is 1. The fraction of sp³-hybridized carbons (Fsp3) is 0.867.